The van der Waals surface area contributed by atoms with E-state index >= 15 is 0 Å². The molecule has 0 aromatic carbocycles. The van der Waals surface area contributed by atoms with Crippen LogP contribution in [0.4, 0.5) is 0 Å². The van der Waals surface area contributed by atoms with Crippen molar-refractivity contribution in [1.29, 1.82) is 0 Å². The van der Waals surface area contributed by atoms with Crippen molar-refractivity contribution >= 4 is 0 Å². The molecule has 1 rings (SSSR count). The van der Waals surface area contributed by atoms with Crippen LogP contribution < -0.4 is 0 Å². The zero-order valence-electron chi connectivity index (χ0n) is 7.41. The van der Waals surface area contributed by atoms with Gasteiger partial charge in [-0.3, -0.25) is 0 Å². The lowest BCUT2D eigenvalue weighted by molar-refractivity contribution is 0.369. The second-order valence-corrected chi connectivity index (χ2v) is 4.24. The summed E-state index contributed by atoms with van der Waals surface area (Å²) in [6.45, 7) is 6.96. The van der Waals surface area contributed by atoms with Gasteiger partial charge in [-0.2, -0.15) is 0 Å². The number of hydrogen-bond donors (Lipinski definition) is 0. The molecule has 1 saturated carbocycles. The molecule has 0 nitrogen and oxygen atoms in total. The molecule has 0 amide bonds. The molecule has 0 bridgehead atoms. The van der Waals surface area contributed by atoms with Crippen LogP contribution in [0.2, 0.25) is 0 Å². The smallest absolute Gasteiger partial charge is 0.0185 e. The van der Waals surface area contributed by atoms with Gasteiger partial charge in [0.1, 0.15) is 0 Å². The zero-order chi connectivity index (χ0) is 7.61. The van der Waals surface area contributed by atoms with E-state index in [9.17, 15) is 0 Å². The maximum atomic E-state index is 2.42. The minimum absolute atomic E-state index is 0.455. The Balaban J connectivity index is 2.39. The van der Waals surface area contributed by atoms with E-state index in [2.05, 4.69) is 27.2 Å². The largest absolute Gasteiger partial charge is 0.0596 e. The van der Waals surface area contributed by atoms with E-state index in [1.54, 1.807) is 5.92 Å². The van der Waals surface area contributed by atoms with Gasteiger partial charge in [0.15, 0.2) is 0 Å². The Kier molecular flexibility index (Phi) is 2.38. The minimum atomic E-state index is 0.455. The lowest BCUT2D eigenvalue weighted by Gasteiger charge is -2.32. The quantitative estimate of drug-likeness (QED) is 0.481. The molecule has 0 heteroatoms. The summed E-state index contributed by atoms with van der Waals surface area (Å²) in [5.74, 6) is 1.73. The van der Waals surface area contributed by atoms with Gasteiger partial charge in [0.05, 0.1) is 0 Å². The monoisotopic (exact) mass is 138 g/mol. The Bertz CT molecular complexity index is 91.1. The average Bonchev–Trinajstić information content (AvgIpc) is 1.88. The van der Waals surface area contributed by atoms with Gasteiger partial charge in [-0.05, 0) is 30.6 Å². The maximum absolute atomic E-state index is 2.42. The summed E-state index contributed by atoms with van der Waals surface area (Å²) in [5.41, 5.74) is 0.455. The topological polar surface area (TPSA) is 0 Å². The summed E-state index contributed by atoms with van der Waals surface area (Å²) < 4.78 is 0. The molecule has 2 radical (unpaired) electrons. The Morgan fingerprint density at radius 1 is 1.30 bits per heavy atom. The summed E-state index contributed by atoms with van der Waals surface area (Å²) in [6, 6.07) is 0. The van der Waals surface area contributed by atoms with Crippen LogP contribution in [0, 0.1) is 17.8 Å². The summed E-state index contributed by atoms with van der Waals surface area (Å²) in [7, 11) is 0. The fraction of sp³-hybridized carbons (Fsp3) is 0.800. The molecule has 0 saturated heterocycles. The number of rotatable bonds is 0. The summed E-state index contributed by atoms with van der Waals surface area (Å²) in [6.07, 6.45) is 7.76. The molecule has 0 spiro atoms. The molecular weight excluding hydrogens is 120 g/mol. The molecule has 1 aliphatic carbocycles. The fourth-order valence-corrected chi connectivity index (χ4v) is 1.52. The van der Waals surface area contributed by atoms with Crippen molar-refractivity contribution in [3.05, 3.63) is 12.3 Å². The second-order valence-electron chi connectivity index (χ2n) is 4.24. The highest BCUT2D eigenvalue weighted by atomic mass is 14.3. The summed E-state index contributed by atoms with van der Waals surface area (Å²) in [5, 5.41) is 0. The third kappa shape index (κ3) is 2.00. The third-order valence-corrected chi connectivity index (χ3v) is 2.34. The summed E-state index contributed by atoms with van der Waals surface area (Å²) in [4.78, 5) is 0. The molecular formula is C10H18. The van der Waals surface area contributed by atoms with Gasteiger partial charge >= 0.3 is 0 Å². The van der Waals surface area contributed by atoms with E-state index in [4.69, 9.17) is 0 Å². The minimum Gasteiger partial charge on any atom is -0.0596 e. The van der Waals surface area contributed by atoms with Gasteiger partial charge in [-0.25, -0.2) is 0 Å². The highest BCUT2D eigenvalue weighted by Crippen LogP contribution is 2.38. The van der Waals surface area contributed by atoms with E-state index in [0.717, 1.165) is 0 Å². The Hall–Kier alpha value is 0. The van der Waals surface area contributed by atoms with Crippen LogP contribution in [-0.4, -0.2) is 0 Å². The van der Waals surface area contributed by atoms with Gasteiger partial charge in [0, 0.05) is 0 Å². The van der Waals surface area contributed by atoms with Gasteiger partial charge in [0.2, 0.25) is 0 Å². The standard InChI is InChI=1S/C10H18/c1-10(2,3)9-7-5-4-6-8-9/h5H,4,6-8H2,1-3H3. The Morgan fingerprint density at radius 2 is 2.00 bits per heavy atom. The Morgan fingerprint density at radius 3 is 2.30 bits per heavy atom. The van der Waals surface area contributed by atoms with Crippen molar-refractivity contribution in [2.75, 3.05) is 0 Å². The lowest BCUT2D eigenvalue weighted by atomic mass is 9.72. The molecule has 1 aliphatic rings. The second kappa shape index (κ2) is 2.94. The van der Waals surface area contributed by atoms with Crippen molar-refractivity contribution in [2.24, 2.45) is 5.41 Å². The van der Waals surface area contributed by atoms with Crippen LogP contribution in [0.1, 0.15) is 46.5 Å². The first-order chi connectivity index (χ1) is 4.61. The van der Waals surface area contributed by atoms with Crippen LogP contribution in [0.15, 0.2) is 0 Å². The Labute approximate surface area is 65.0 Å². The van der Waals surface area contributed by atoms with Crippen LogP contribution in [0.25, 0.3) is 0 Å². The average molecular weight is 138 g/mol. The van der Waals surface area contributed by atoms with E-state index in [-0.39, 0.29) is 0 Å². The number of hydrogen-bond acceptors (Lipinski definition) is 0. The van der Waals surface area contributed by atoms with E-state index in [0.29, 0.717) is 5.41 Å². The molecule has 1 fully saturated rings. The van der Waals surface area contributed by atoms with Crippen molar-refractivity contribution in [3.8, 4) is 0 Å². The first-order valence-electron chi connectivity index (χ1n) is 4.27. The normalized spacial score (nSPS) is 23.1. The van der Waals surface area contributed by atoms with Gasteiger partial charge < -0.3 is 0 Å². The highest BCUT2D eigenvalue weighted by Gasteiger charge is 2.26. The molecule has 0 heterocycles. The molecule has 0 atom stereocenters. The van der Waals surface area contributed by atoms with Crippen molar-refractivity contribution in [1.82, 2.24) is 0 Å². The molecule has 0 aromatic rings. The van der Waals surface area contributed by atoms with Gasteiger partial charge in [-0.15, -0.1) is 0 Å². The lowest BCUT2D eigenvalue weighted by Crippen LogP contribution is -2.20. The van der Waals surface area contributed by atoms with E-state index < -0.39 is 0 Å². The molecule has 0 unspecified atom stereocenters. The maximum Gasteiger partial charge on any atom is -0.0185 e. The first kappa shape index (κ1) is 8.10. The van der Waals surface area contributed by atoms with E-state index in [1.165, 1.54) is 25.7 Å². The third-order valence-electron chi connectivity index (χ3n) is 2.34. The van der Waals surface area contributed by atoms with Crippen LogP contribution in [0.3, 0.4) is 0 Å². The van der Waals surface area contributed by atoms with Crippen molar-refractivity contribution in [3.63, 3.8) is 0 Å². The highest BCUT2D eigenvalue weighted by molar-refractivity contribution is 5.06. The molecule has 0 aliphatic heterocycles. The zero-order valence-corrected chi connectivity index (χ0v) is 7.41. The van der Waals surface area contributed by atoms with Gasteiger partial charge in [-0.1, -0.05) is 33.6 Å². The van der Waals surface area contributed by atoms with E-state index in [1.807, 2.05) is 0 Å². The molecule has 0 aromatic heterocycles. The molecule has 10 heavy (non-hydrogen) atoms. The van der Waals surface area contributed by atoms with Crippen molar-refractivity contribution < 1.29 is 0 Å². The fourth-order valence-electron chi connectivity index (χ4n) is 1.52. The predicted molar refractivity (Wildman–Crippen MR) is 45.5 cm³/mol. The first-order valence-corrected chi connectivity index (χ1v) is 4.27. The van der Waals surface area contributed by atoms with Crippen molar-refractivity contribution in [2.45, 2.75) is 46.5 Å². The summed E-state index contributed by atoms with van der Waals surface area (Å²) >= 11 is 0. The molecule has 58 valence electrons. The van der Waals surface area contributed by atoms with Crippen LogP contribution in [0.5, 0.6) is 0 Å². The van der Waals surface area contributed by atoms with Gasteiger partial charge in [0.25, 0.3) is 0 Å². The van der Waals surface area contributed by atoms with Crippen LogP contribution >= 0.6 is 0 Å². The predicted octanol–water partition coefficient (Wildman–Crippen LogP) is 3.39. The molecule has 0 N–H and O–H groups in total. The van der Waals surface area contributed by atoms with Crippen LogP contribution in [-0.2, 0) is 0 Å². The SMILES string of the molecule is CC(C)(C)[C]1C[CH]CCC1.